The van der Waals surface area contributed by atoms with Crippen LogP contribution < -0.4 is 5.32 Å². The number of carbonyl (C=O) groups is 3. The van der Waals surface area contributed by atoms with Gasteiger partial charge in [0, 0.05) is 36.3 Å². The van der Waals surface area contributed by atoms with Gasteiger partial charge in [0.15, 0.2) is 5.78 Å². The molecule has 0 bridgehead atoms. The summed E-state index contributed by atoms with van der Waals surface area (Å²) in [6.45, 7) is 7.33. The van der Waals surface area contributed by atoms with Gasteiger partial charge in [-0.05, 0) is 55.4 Å². The Balaban J connectivity index is 1.26. The highest BCUT2D eigenvalue weighted by molar-refractivity contribution is 6.06. The minimum absolute atomic E-state index is 0.0324. The van der Waals surface area contributed by atoms with Gasteiger partial charge in [0.2, 0.25) is 11.8 Å². The largest absolute Gasteiger partial charge is 0.348 e. The number of benzene rings is 2. The number of aromatic nitrogens is 4. The SMILES string of the molecule is CC(=O)c1nn(CC(=O)N2[C@H](C(=O)NC(C)c3ccccc3)C[C@@]3(C)C[C@@H]23)c2ccc(-c3cnc(C)nc3)cc12. The molecule has 1 aliphatic heterocycles. The number of rotatable bonds is 7. The summed E-state index contributed by atoms with van der Waals surface area (Å²) in [5.41, 5.74) is 3.65. The number of nitrogens with one attached hydrogen (secondary N) is 1. The topological polar surface area (TPSA) is 110 Å². The number of piperidine rings is 1. The number of likely N-dealkylation sites (tertiary alicyclic amines) is 1. The van der Waals surface area contributed by atoms with Crippen molar-refractivity contribution in [3.8, 4) is 11.1 Å². The summed E-state index contributed by atoms with van der Waals surface area (Å²) in [6, 6.07) is 14.8. The smallest absolute Gasteiger partial charge is 0.245 e. The summed E-state index contributed by atoms with van der Waals surface area (Å²) in [6.07, 6.45) is 5.01. The van der Waals surface area contributed by atoms with Gasteiger partial charge in [0.25, 0.3) is 0 Å². The number of Topliss-reactive ketones (excluding diaryl/α,β-unsaturated/α-hetero) is 1. The van der Waals surface area contributed by atoms with Gasteiger partial charge < -0.3 is 10.2 Å². The molecule has 6 rings (SSSR count). The lowest BCUT2D eigenvalue weighted by atomic mass is 10.0. The maximum Gasteiger partial charge on any atom is 0.245 e. The van der Waals surface area contributed by atoms with Crippen LogP contribution in [0.5, 0.6) is 0 Å². The van der Waals surface area contributed by atoms with Crippen molar-refractivity contribution in [2.75, 3.05) is 0 Å². The van der Waals surface area contributed by atoms with Gasteiger partial charge in [-0.3, -0.25) is 19.1 Å². The minimum atomic E-state index is -0.537. The third-order valence-electron chi connectivity index (χ3n) is 8.37. The summed E-state index contributed by atoms with van der Waals surface area (Å²) in [7, 11) is 0. The third-order valence-corrected chi connectivity index (χ3v) is 8.37. The molecule has 0 radical (unpaired) electrons. The molecule has 9 heteroatoms. The van der Waals surface area contributed by atoms with Crippen molar-refractivity contribution in [1.29, 1.82) is 0 Å². The number of hydrogen-bond donors (Lipinski definition) is 1. The number of fused-ring (bicyclic) bond motifs is 2. The Bertz CT molecular complexity index is 1630. The van der Waals surface area contributed by atoms with E-state index in [1.807, 2.05) is 62.4 Å². The molecule has 1 aliphatic carbocycles. The van der Waals surface area contributed by atoms with Crippen LogP contribution in [0.15, 0.2) is 60.9 Å². The molecule has 1 saturated heterocycles. The molecule has 204 valence electrons. The van der Waals surface area contributed by atoms with Gasteiger partial charge in [-0.15, -0.1) is 0 Å². The van der Waals surface area contributed by atoms with Gasteiger partial charge in [-0.2, -0.15) is 5.10 Å². The second kappa shape index (κ2) is 9.66. The zero-order valence-electron chi connectivity index (χ0n) is 23.1. The van der Waals surface area contributed by atoms with Crippen LogP contribution in [-0.4, -0.2) is 54.3 Å². The average molecular weight is 537 g/mol. The Hall–Kier alpha value is -4.40. The van der Waals surface area contributed by atoms with Crippen LogP contribution in [0.25, 0.3) is 22.0 Å². The lowest BCUT2D eigenvalue weighted by Crippen LogP contribution is -2.49. The number of carbonyl (C=O) groups excluding carboxylic acids is 3. The van der Waals surface area contributed by atoms with Crippen LogP contribution >= 0.6 is 0 Å². The molecule has 4 aromatic rings. The first-order valence-corrected chi connectivity index (χ1v) is 13.6. The lowest BCUT2D eigenvalue weighted by molar-refractivity contribution is -0.140. The molecule has 2 aliphatic rings. The molecule has 1 saturated carbocycles. The summed E-state index contributed by atoms with van der Waals surface area (Å²) >= 11 is 0. The first-order chi connectivity index (χ1) is 19.1. The van der Waals surface area contributed by atoms with E-state index in [-0.39, 0.29) is 41.6 Å². The van der Waals surface area contributed by atoms with E-state index in [4.69, 9.17) is 0 Å². The van der Waals surface area contributed by atoms with Crippen LogP contribution in [0.1, 0.15) is 61.5 Å². The van der Waals surface area contributed by atoms with Crippen molar-refractivity contribution >= 4 is 28.5 Å². The van der Waals surface area contributed by atoms with Crippen molar-refractivity contribution in [3.05, 3.63) is 78.0 Å². The Morgan fingerprint density at radius 2 is 1.77 bits per heavy atom. The molecule has 1 unspecified atom stereocenters. The Morgan fingerprint density at radius 1 is 1.05 bits per heavy atom. The maximum atomic E-state index is 13.8. The standard InChI is InChI=1S/C31H32N6O3/c1-18(21-8-6-5-7-9-21)34-30(40)26-13-31(4)14-27(31)37(26)28(39)17-36-25-11-10-22(23-15-32-20(3)33-16-23)12-24(25)29(35-36)19(2)38/h5-12,15-16,18,26-27H,13-14,17H2,1-4H3,(H,34,40)/t18?,26-,27+,31-/m0/s1. The summed E-state index contributed by atoms with van der Waals surface area (Å²) in [4.78, 5) is 50.0. The Kier molecular flexibility index (Phi) is 6.24. The van der Waals surface area contributed by atoms with E-state index >= 15 is 0 Å². The fourth-order valence-electron chi connectivity index (χ4n) is 5.99. The summed E-state index contributed by atoms with van der Waals surface area (Å²) in [5.74, 6) is 0.180. The van der Waals surface area contributed by atoms with Crippen LogP contribution in [0.2, 0.25) is 0 Å². The van der Waals surface area contributed by atoms with E-state index in [1.54, 1.807) is 22.0 Å². The second-order valence-electron chi connectivity index (χ2n) is 11.3. The monoisotopic (exact) mass is 536 g/mol. The quantitative estimate of drug-likeness (QED) is 0.354. The van der Waals surface area contributed by atoms with E-state index in [0.29, 0.717) is 28.8 Å². The zero-order chi connectivity index (χ0) is 28.2. The number of amides is 2. The van der Waals surface area contributed by atoms with Gasteiger partial charge in [0.1, 0.15) is 24.1 Å². The van der Waals surface area contributed by atoms with Crippen LogP contribution in [0, 0.1) is 12.3 Å². The highest BCUT2D eigenvalue weighted by atomic mass is 16.2. The van der Waals surface area contributed by atoms with E-state index in [1.165, 1.54) is 6.92 Å². The normalized spacial score (nSPS) is 22.1. The number of ketones is 1. The van der Waals surface area contributed by atoms with Crippen LogP contribution in [-0.2, 0) is 16.1 Å². The molecule has 2 amide bonds. The van der Waals surface area contributed by atoms with Crippen LogP contribution in [0.3, 0.4) is 0 Å². The molecule has 1 N–H and O–H groups in total. The molecule has 40 heavy (non-hydrogen) atoms. The minimum Gasteiger partial charge on any atom is -0.348 e. The predicted octanol–water partition coefficient (Wildman–Crippen LogP) is 4.26. The molecule has 2 fully saturated rings. The zero-order valence-corrected chi connectivity index (χ0v) is 23.1. The molecular formula is C31H32N6O3. The number of nitrogens with zero attached hydrogens (tertiary/aromatic N) is 5. The van der Waals surface area contributed by atoms with E-state index in [0.717, 1.165) is 23.1 Å². The second-order valence-corrected chi connectivity index (χ2v) is 11.3. The summed E-state index contributed by atoms with van der Waals surface area (Å²) < 4.78 is 1.59. The highest BCUT2D eigenvalue weighted by Crippen LogP contribution is 2.59. The van der Waals surface area contributed by atoms with Crippen LogP contribution in [0.4, 0.5) is 0 Å². The van der Waals surface area contributed by atoms with E-state index < -0.39 is 6.04 Å². The predicted molar refractivity (Wildman–Crippen MR) is 150 cm³/mol. The van der Waals surface area contributed by atoms with Crippen molar-refractivity contribution < 1.29 is 14.4 Å². The molecule has 0 spiro atoms. The molecule has 9 nitrogen and oxygen atoms in total. The van der Waals surface area contributed by atoms with Gasteiger partial charge in [-0.25, -0.2) is 9.97 Å². The fraction of sp³-hybridized carbons (Fsp3) is 0.355. The molecule has 2 aromatic heterocycles. The van der Waals surface area contributed by atoms with E-state index in [2.05, 4.69) is 27.3 Å². The fourth-order valence-corrected chi connectivity index (χ4v) is 5.99. The van der Waals surface area contributed by atoms with Gasteiger partial charge >= 0.3 is 0 Å². The average Bonchev–Trinajstić information content (AvgIpc) is 3.31. The van der Waals surface area contributed by atoms with Crippen molar-refractivity contribution in [2.24, 2.45) is 5.41 Å². The molecule has 4 atom stereocenters. The molecule has 3 heterocycles. The molecule has 2 aromatic carbocycles. The third kappa shape index (κ3) is 4.55. The highest BCUT2D eigenvalue weighted by Gasteiger charge is 2.64. The first-order valence-electron chi connectivity index (χ1n) is 13.6. The van der Waals surface area contributed by atoms with Crippen molar-refractivity contribution in [1.82, 2.24) is 30.0 Å². The van der Waals surface area contributed by atoms with Crippen molar-refractivity contribution in [2.45, 2.75) is 65.2 Å². The maximum absolute atomic E-state index is 13.8. The van der Waals surface area contributed by atoms with Crippen molar-refractivity contribution in [3.63, 3.8) is 0 Å². The first kappa shape index (κ1) is 25.9. The van der Waals surface area contributed by atoms with Gasteiger partial charge in [-0.1, -0.05) is 43.3 Å². The van der Waals surface area contributed by atoms with Gasteiger partial charge in [0.05, 0.1) is 11.6 Å². The Labute approximate surface area is 232 Å². The number of hydrogen-bond acceptors (Lipinski definition) is 6. The summed E-state index contributed by atoms with van der Waals surface area (Å²) in [5, 5.41) is 8.33. The Morgan fingerprint density at radius 3 is 2.48 bits per heavy atom. The molecular weight excluding hydrogens is 504 g/mol. The van der Waals surface area contributed by atoms with E-state index in [9.17, 15) is 14.4 Å². The lowest BCUT2D eigenvalue weighted by Gasteiger charge is -2.28. The number of aryl methyl sites for hydroxylation is 1.